The second-order valence-electron chi connectivity index (χ2n) is 5.77. The highest BCUT2D eigenvalue weighted by Crippen LogP contribution is 2.27. The summed E-state index contributed by atoms with van der Waals surface area (Å²) >= 11 is 1.16. The lowest BCUT2D eigenvalue weighted by molar-refractivity contribution is -0.157. The molecule has 1 aliphatic carbocycles. The second kappa shape index (κ2) is 5.91. The molecule has 0 radical (unpaired) electrons. The Morgan fingerprint density at radius 3 is 2.86 bits per heavy atom. The molecule has 2 heterocycles. The van der Waals surface area contributed by atoms with Gasteiger partial charge in [-0.3, -0.25) is 4.79 Å². The summed E-state index contributed by atoms with van der Waals surface area (Å²) in [6.07, 6.45) is 2.98. The molecule has 1 amide bonds. The lowest BCUT2D eigenvalue weighted by atomic mass is 9.89. The molecule has 2 fully saturated rings. The maximum absolute atomic E-state index is 12.4. The van der Waals surface area contributed by atoms with Gasteiger partial charge in [0.2, 0.25) is 0 Å². The standard InChI is InChI=1S/C15H17N3O3S/c19-15(9-1-3-11-12(7-9)18-22-17-11)16-10-2-4-13-14(8-10)21-6-5-20-13/h1,3,7,10,13-14H,2,4-6,8H2,(H,16,19)/t10-,13-,14-/m1/s1. The van der Waals surface area contributed by atoms with E-state index in [-0.39, 0.29) is 24.2 Å². The number of hydrogen-bond donors (Lipinski definition) is 1. The van der Waals surface area contributed by atoms with Crippen LogP contribution >= 0.6 is 11.7 Å². The van der Waals surface area contributed by atoms with Gasteiger partial charge in [0.25, 0.3) is 5.91 Å². The third-order valence-corrected chi connectivity index (χ3v) is 4.89. The predicted molar refractivity (Wildman–Crippen MR) is 82.0 cm³/mol. The van der Waals surface area contributed by atoms with E-state index in [4.69, 9.17) is 9.47 Å². The molecule has 4 rings (SSSR count). The van der Waals surface area contributed by atoms with Gasteiger partial charge in [-0.1, -0.05) is 0 Å². The summed E-state index contributed by atoms with van der Waals surface area (Å²) in [4.78, 5) is 12.4. The van der Waals surface area contributed by atoms with Crippen molar-refractivity contribution in [1.29, 1.82) is 0 Å². The Hall–Kier alpha value is -1.57. The van der Waals surface area contributed by atoms with Gasteiger partial charge in [0, 0.05) is 11.6 Å². The SMILES string of the molecule is O=C(N[C@@H]1CC[C@H]2OCCO[C@@H]2C1)c1ccc2nsnc2c1. The van der Waals surface area contributed by atoms with Crippen LogP contribution in [0.15, 0.2) is 18.2 Å². The maximum Gasteiger partial charge on any atom is 0.251 e. The quantitative estimate of drug-likeness (QED) is 0.913. The Labute approximate surface area is 132 Å². The number of nitrogens with zero attached hydrogens (tertiary/aromatic N) is 2. The Morgan fingerprint density at radius 1 is 1.14 bits per heavy atom. The number of hydrogen-bond acceptors (Lipinski definition) is 6. The van der Waals surface area contributed by atoms with Crippen LogP contribution in [0.1, 0.15) is 29.6 Å². The van der Waals surface area contributed by atoms with Crippen LogP contribution in [-0.4, -0.2) is 46.1 Å². The van der Waals surface area contributed by atoms with Crippen molar-refractivity contribution in [3.8, 4) is 0 Å². The van der Waals surface area contributed by atoms with Crippen molar-refractivity contribution in [3.63, 3.8) is 0 Å². The predicted octanol–water partition coefficient (Wildman–Crippen LogP) is 1.76. The van der Waals surface area contributed by atoms with Gasteiger partial charge in [0.05, 0.1) is 37.1 Å². The number of fused-ring (bicyclic) bond motifs is 2. The summed E-state index contributed by atoms with van der Waals surface area (Å²) < 4.78 is 19.8. The Bertz CT molecular complexity index is 689. The van der Waals surface area contributed by atoms with Gasteiger partial charge in [-0.2, -0.15) is 8.75 Å². The molecule has 6 nitrogen and oxygen atoms in total. The normalized spacial score (nSPS) is 28.3. The first-order valence-electron chi connectivity index (χ1n) is 7.56. The number of benzene rings is 1. The van der Waals surface area contributed by atoms with E-state index in [0.717, 1.165) is 42.0 Å². The number of aromatic nitrogens is 2. The minimum absolute atomic E-state index is 0.0601. The summed E-state index contributed by atoms with van der Waals surface area (Å²) in [6.45, 7) is 1.33. The van der Waals surface area contributed by atoms with Crippen molar-refractivity contribution in [2.24, 2.45) is 0 Å². The van der Waals surface area contributed by atoms with Gasteiger partial charge in [-0.15, -0.1) is 0 Å². The van der Waals surface area contributed by atoms with Crippen LogP contribution < -0.4 is 5.32 Å². The van der Waals surface area contributed by atoms with Crippen LogP contribution in [0.4, 0.5) is 0 Å². The Morgan fingerprint density at radius 2 is 1.95 bits per heavy atom. The first-order valence-corrected chi connectivity index (χ1v) is 8.29. The number of amides is 1. The molecule has 2 aromatic rings. The average Bonchev–Trinajstić information content (AvgIpc) is 3.02. The van der Waals surface area contributed by atoms with Crippen LogP contribution in [0.3, 0.4) is 0 Å². The molecule has 2 aliphatic rings. The molecule has 3 atom stereocenters. The van der Waals surface area contributed by atoms with Gasteiger partial charge >= 0.3 is 0 Å². The Balaban J connectivity index is 1.43. The van der Waals surface area contributed by atoms with E-state index < -0.39 is 0 Å². The highest BCUT2D eigenvalue weighted by molar-refractivity contribution is 7.00. The summed E-state index contributed by atoms with van der Waals surface area (Å²) in [7, 11) is 0. The van der Waals surface area contributed by atoms with Crippen molar-refractivity contribution in [2.75, 3.05) is 13.2 Å². The largest absolute Gasteiger partial charge is 0.373 e. The molecule has 1 saturated carbocycles. The number of carbonyl (C=O) groups is 1. The topological polar surface area (TPSA) is 73.3 Å². The van der Waals surface area contributed by atoms with Gasteiger partial charge in [0.15, 0.2) is 0 Å². The van der Waals surface area contributed by atoms with Crippen LogP contribution in [-0.2, 0) is 9.47 Å². The number of carbonyl (C=O) groups excluding carboxylic acids is 1. The fourth-order valence-corrected chi connectivity index (χ4v) is 3.71. The lowest BCUT2D eigenvalue weighted by Crippen LogP contribution is -2.49. The fraction of sp³-hybridized carbons (Fsp3) is 0.533. The molecule has 1 aromatic carbocycles. The fourth-order valence-electron chi connectivity index (χ4n) is 3.19. The highest BCUT2D eigenvalue weighted by Gasteiger charge is 2.34. The molecular formula is C15H17N3O3S. The van der Waals surface area contributed by atoms with E-state index >= 15 is 0 Å². The molecule has 0 spiro atoms. The third-order valence-electron chi connectivity index (χ3n) is 4.33. The minimum atomic E-state index is -0.0601. The molecule has 1 saturated heterocycles. The second-order valence-corrected chi connectivity index (χ2v) is 6.30. The van der Waals surface area contributed by atoms with Crippen molar-refractivity contribution >= 4 is 28.7 Å². The first-order chi connectivity index (χ1) is 10.8. The van der Waals surface area contributed by atoms with Crippen LogP contribution in [0.2, 0.25) is 0 Å². The molecule has 1 aliphatic heterocycles. The van der Waals surface area contributed by atoms with E-state index in [0.29, 0.717) is 18.8 Å². The molecule has 7 heteroatoms. The molecule has 1 N–H and O–H groups in total. The molecule has 22 heavy (non-hydrogen) atoms. The molecule has 116 valence electrons. The van der Waals surface area contributed by atoms with Gasteiger partial charge in [0.1, 0.15) is 11.0 Å². The van der Waals surface area contributed by atoms with Crippen LogP contribution in [0.25, 0.3) is 11.0 Å². The van der Waals surface area contributed by atoms with Crippen LogP contribution in [0.5, 0.6) is 0 Å². The summed E-state index contributed by atoms with van der Waals surface area (Å²) in [5.41, 5.74) is 2.23. The zero-order chi connectivity index (χ0) is 14.9. The highest BCUT2D eigenvalue weighted by atomic mass is 32.1. The number of ether oxygens (including phenoxy) is 2. The van der Waals surface area contributed by atoms with Crippen molar-refractivity contribution in [1.82, 2.24) is 14.1 Å². The minimum Gasteiger partial charge on any atom is -0.373 e. The zero-order valence-electron chi connectivity index (χ0n) is 12.0. The Kier molecular flexibility index (Phi) is 3.77. The average molecular weight is 319 g/mol. The number of rotatable bonds is 2. The zero-order valence-corrected chi connectivity index (χ0v) is 12.8. The lowest BCUT2D eigenvalue weighted by Gasteiger charge is -2.39. The molecule has 0 unspecified atom stereocenters. The molecule has 1 aromatic heterocycles. The van der Waals surface area contributed by atoms with Crippen molar-refractivity contribution in [2.45, 2.75) is 37.5 Å². The van der Waals surface area contributed by atoms with E-state index in [1.54, 1.807) is 12.1 Å². The summed E-state index contributed by atoms with van der Waals surface area (Å²) in [5, 5.41) is 3.11. The smallest absolute Gasteiger partial charge is 0.251 e. The molecule has 0 bridgehead atoms. The maximum atomic E-state index is 12.4. The monoisotopic (exact) mass is 319 g/mol. The van der Waals surface area contributed by atoms with Gasteiger partial charge in [-0.05, 0) is 37.5 Å². The van der Waals surface area contributed by atoms with E-state index in [9.17, 15) is 4.79 Å². The summed E-state index contributed by atoms with van der Waals surface area (Å²) in [5.74, 6) is -0.0601. The van der Waals surface area contributed by atoms with Crippen molar-refractivity contribution in [3.05, 3.63) is 23.8 Å². The summed E-state index contributed by atoms with van der Waals surface area (Å²) in [6, 6.07) is 5.56. The van der Waals surface area contributed by atoms with E-state index in [2.05, 4.69) is 14.1 Å². The third kappa shape index (κ3) is 2.71. The van der Waals surface area contributed by atoms with Gasteiger partial charge in [-0.25, -0.2) is 0 Å². The van der Waals surface area contributed by atoms with E-state index in [1.807, 2.05) is 6.07 Å². The van der Waals surface area contributed by atoms with Crippen molar-refractivity contribution < 1.29 is 14.3 Å². The van der Waals surface area contributed by atoms with E-state index in [1.165, 1.54) is 0 Å². The first kappa shape index (κ1) is 14.0. The number of nitrogens with one attached hydrogen (secondary N) is 1. The molecular weight excluding hydrogens is 302 g/mol. The van der Waals surface area contributed by atoms with Crippen LogP contribution in [0, 0.1) is 0 Å². The van der Waals surface area contributed by atoms with Gasteiger partial charge < -0.3 is 14.8 Å².